The second-order valence-electron chi connectivity index (χ2n) is 6.70. The van der Waals surface area contributed by atoms with Crippen LogP contribution >= 0.6 is 15.9 Å². The van der Waals surface area contributed by atoms with Gasteiger partial charge in [-0.2, -0.15) is 0 Å². The Hall–Kier alpha value is -1.96. The highest BCUT2D eigenvalue weighted by atomic mass is 79.9. The highest BCUT2D eigenvalue weighted by molar-refractivity contribution is 9.10. The van der Waals surface area contributed by atoms with Gasteiger partial charge in [-0.05, 0) is 55.4 Å². The predicted octanol–water partition coefficient (Wildman–Crippen LogP) is 4.50. The van der Waals surface area contributed by atoms with Gasteiger partial charge < -0.3 is 4.90 Å². The van der Waals surface area contributed by atoms with E-state index in [1.807, 2.05) is 12.1 Å². The highest BCUT2D eigenvalue weighted by Gasteiger charge is 2.23. The van der Waals surface area contributed by atoms with Crippen LogP contribution < -0.4 is 0 Å². The second kappa shape index (κ2) is 6.89. The van der Waals surface area contributed by atoms with Crippen LogP contribution in [0.25, 0.3) is 16.5 Å². The van der Waals surface area contributed by atoms with E-state index in [2.05, 4.69) is 34.0 Å². The maximum absolute atomic E-state index is 13.2. The first kappa shape index (κ1) is 18.4. The summed E-state index contributed by atoms with van der Waals surface area (Å²) in [5.41, 5.74) is 2.67. The van der Waals surface area contributed by atoms with Crippen molar-refractivity contribution in [1.82, 2.24) is 8.87 Å². The Labute approximate surface area is 166 Å². The van der Waals surface area contributed by atoms with E-state index in [-0.39, 0.29) is 4.90 Å². The van der Waals surface area contributed by atoms with E-state index in [0.717, 1.165) is 52.6 Å². The van der Waals surface area contributed by atoms with Crippen molar-refractivity contribution < 1.29 is 12.8 Å². The third-order valence-electron chi connectivity index (χ3n) is 4.86. The van der Waals surface area contributed by atoms with Crippen LogP contribution in [0.4, 0.5) is 4.39 Å². The number of benzene rings is 2. The number of nitrogens with zero attached hydrogens (tertiary/aromatic N) is 2. The van der Waals surface area contributed by atoms with Crippen LogP contribution in [0.1, 0.15) is 12.0 Å². The molecule has 1 aliphatic heterocycles. The maximum atomic E-state index is 13.2. The molecule has 0 unspecified atom stereocenters. The Morgan fingerprint density at radius 2 is 1.85 bits per heavy atom. The normalized spacial score (nSPS) is 15.9. The lowest BCUT2D eigenvalue weighted by Gasteiger charge is -2.21. The molecule has 0 bridgehead atoms. The number of aromatic nitrogens is 1. The fourth-order valence-electron chi connectivity index (χ4n) is 3.36. The van der Waals surface area contributed by atoms with Crippen LogP contribution in [0.2, 0.25) is 0 Å². The van der Waals surface area contributed by atoms with Crippen LogP contribution in [0, 0.1) is 5.82 Å². The molecule has 0 aliphatic carbocycles. The van der Waals surface area contributed by atoms with Gasteiger partial charge in [0, 0.05) is 34.7 Å². The minimum Gasteiger partial charge on any atom is -0.302 e. The molecule has 140 valence electrons. The second-order valence-corrected chi connectivity index (χ2v) is 9.43. The monoisotopic (exact) mass is 448 g/mol. The van der Waals surface area contributed by atoms with Crippen LogP contribution in [0.15, 0.2) is 64.1 Å². The molecule has 7 heteroatoms. The molecule has 0 N–H and O–H groups in total. The molecule has 0 saturated heterocycles. The zero-order valence-electron chi connectivity index (χ0n) is 14.7. The lowest BCUT2D eigenvalue weighted by molar-refractivity contribution is 0.370. The number of hydrogen-bond acceptors (Lipinski definition) is 3. The van der Waals surface area contributed by atoms with Gasteiger partial charge >= 0.3 is 0 Å². The van der Waals surface area contributed by atoms with Crippen molar-refractivity contribution >= 4 is 42.4 Å². The Bertz CT molecular complexity index is 1150. The number of fused-ring (bicyclic) bond motifs is 1. The molecule has 2 aromatic carbocycles. The number of halogens is 2. The first-order valence-electron chi connectivity index (χ1n) is 8.56. The molecule has 4 rings (SSSR count). The standard InChI is InChI=1S/C20H18BrFN2O2S/c1-23-10-8-14(9-11-23)19-13-24(20-12-15(21)2-7-18(19)20)27(25,26)17-5-3-16(22)4-6-17/h2-8,12-13H,9-11H2,1H3. The number of hydrogen-bond donors (Lipinski definition) is 0. The molecule has 0 amide bonds. The molecule has 27 heavy (non-hydrogen) atoms. The molecule has 0 spiro atoms. The molecule has 0 saturated carbocycles. The maximum Gasteiger partial charge on any atom is 0.268 e. The summed E-state index contributed by atoms with van der Waals surface area (Å²) >= 11 is 3.43. The van der Waals surface area contributed by atoms with E-state index in [1.54, 1.807) is 12.3 Å². The van der Waals surface area contributed by atoms with Gasteiger partial charge in [-0.3, -0.25) is 0 Å². The molecule has 0 atom stereocenters. The minimum absolute atomic E-state index is 0.0599. The van der Waals surface area contributed by atoms with E-state index in [1.165, 1.54) is 16.1 Å². The summed E-state index contributed by atoms with van der Waals surface area (Å²) in [5.74, 6) is -0.466. The first-order chi connectivity index (χ1) is 12.9. The van der Waals surface area contributed by atoms with Crippen molar-refractivity contribution in [3.63, 3.8) is 0 Å². The van der Waals surface area contributed by atoms with Crippen LogP contribution in [-0.4, -0.2) is 37.4 Å². The quantitative estimate of drug-likeness (QED) is 0.592. The van der Waals surface area contributed by atoms with E-state index in [4.69, 9.17) is 0 Å². The zero-order valence-corrected chi connectivity index (χ0v) is 17.1. The molecule has 4 nitrogen and oxygen atoms in total. The molecule has 0 radical (unpaired) electrons. The van der Waals surface area contributed by atoms with Gasteiger partial charge in [0.25, 0.3) is 10.0 Å². The summed E-state index contributed by atoms with van der Waals surface area (Å²) in [7, 11) is -1.77. The zero-order chi connectivity index (χ0) is 19.2. The Morgan fingerprint density at radius 3 is 2.52 bits per heavy atom. The van der Waals surface area contributed by atoms with Crippen molar-refractivity contribution in [2.75, 3.05) is 20.1 Å². The van der Waals surface area contributed by atoms with E-state index >= 15 is 0 Å². The van der Waals surface area contributed by atoms with E-state index in [0.29, 0.717) is 5.52 Å². The summed E-state index contributed by atoms with van der Waals surface area (Å²) in [5, 5.41) is 0.889. The van der Waals surface area contributed by atoms with Crippen molar-refractivity contribution in [3.05, 3.63) is 70.6 Å². The molecule has 1 aliphatic rings. The van der Waals surface area contributed by atoms with Gasteiger partial charge in [0.1, 0.15) is 5.82 Å². The predicted molar refractivity (Wildman–Crippen MR) is 109 cm³/mol. The average Bonchev–Trinajstić information content (AvgIpc) is 3.02. The van der Waals surface area contributed by atoms with Crippen LogP contribution in [-0.2, 0) is 10.0 Å². The lowest BCUT2D eigenvalue weighted by atomic mass is 9.99. The molecule has 1 aromatic heterocycles. The summed E-state index contributed by atoms with van der Waals surface area (Å²) < 4.78 is 41.8. The SMILES string of the molecule is CN1CC=C(c2cn(S(=O)(=O)c3ccc(F)cc3)c3cc(Br)ccc23)CC1. The van der Waals surface area contributed by atoms with Crippen molar-refractivity contribution in [2.45, 2.75) is 11.3 Å². The van der Waals surface area contributed by atoms with Gasteiger partial charge in [0.2, 0.25) is 0 Å². The topological polar surface area (TPSA) is 42.3 Å². The molecular formula is C20H18BrFN2O2S. The Morgan fingerprint density at radius 1 is 1.11 bits per heavy atom. The largest absolute Gasteiger partial charge is 0.302 e. The van der Waals surface area contributed by atoms with Gasteiger partial charge in [0.05, 0.1) is 10.4 Å². The molecule has 2 heterocycles. The van der Waals surface area contributed by atoms with E-state index in [9.17, 15) is 12.8 Å². The lowest BCUT2D eigenvalue weighted by Crippen LogP contribution is -2.23. The van der Waals surface area contributed by atoms with Gasteiger partial charge in [-0.1, -0.05) is 28.1 Å². The summed E-state index contributed by atoms with van der Waals surface area (Å²) in [6, 6.07) is 10.6. The fraction of sp³-hybridized carbons (Fsp3) is 0.200. The summed E-state index contributed by atoms with van der Waals surface area (Å²) in [6.45, 7) is 1.77. The smallest absolute Gasteiger partial charge is 0.268 e. The van der Waals surface area contributed by atoms with E-state index < -0.39 is 15.8 Å². The van der Waals surface area contributed by atoms with Gasteiger partial charge in [0.15, 0.2) is 0 Å². The highest BCUT2D eigenvalue weighted by Crippen LogP contribution is 2.34. The third kappa shape index (κ3) is 3.35. The molecular weight excluding hydrogens is 431 g/mol. The van der Waals surface area contributed by atoms with Crippen LogP contribution in [0.5, 0.6) is 0 Å². The Kier molecular flexibility index (Phi) is 4.70. The minimum atomic E-state index is -3.84. The summed E-state index contributed by atoms with van der Waals surface area (Å²) in [4.78, 5) is 2.28. The van der Waals surface area contributed by atoms with Crippen LogP contribution in [0.3, 0.4) is 0 Å². The number of likely N-dealkylation sites (N-methyl/N-ethyl adjacent to an activating group) is 1. The van der Waals surface area contributed by atoms with Crippen molar-refractivity contribution in [3.8, 4) is 0 Å². The van der Waals surface area contributed by atoms with Crippen molar-refractivity contribution in [1.29, 1.82) is 0 Å². The third-order valence-corrected chi connectivity index (χ3v) is 7.04. The first-order valence-corrected chi connectivity index (χ1v) is 10.8. The molecule has 3 aromatic rings. The fourth-order valence-corrected chi connectivity index (χ4v) is 5.07. The number of rotatable bonds is 3. The van der Waals surface area contributed by atoms with Gasteiger partial charge in [-0.15, -0.1) is 0 Å². The Balaban J connectivity index is 1.93. The molecule has 0 fully saturated rings. The van der Waals surface area contributed by atoms with Crippen molar-refractivity contribution in [2.24, 2.45) is 0 Å². The summed E-state index contributed by atoms with van der Waals surface area (Å²) in [6.07, 6.45) is 4.70. The average molecular weight is 449 g/mol. The van der Waals surface area contributed by atoms with Gasteiger partial charge in [-0.25, -0.2) is 16.8 Å².